The number of nitrogens with zero attached hydrogens (tertiary/aromatic N) is 3. The number of para-hydroxylation sites is 1. The Morgan fingerprint density at radius 3 is 2.33 bits per heavy atom. The molecule has 0 spiro atoms. The van der Waals surface area contributed by atoms with Gasteiger partial charge in [0.25, 0.3) is 10.0 Å². The lowest BCUT2D eigenvalue weighted by molar-refractivity contribution is 0.0891. The minimum atomic E-state index is -3.93. The molecule has 45 heavy (non-hydrogen) atoms. The van der Waals surface area contributed by atoms with Crippen LogP contribution in [0, 0.1) is 23.5 Å². The van der Waals surface area contributed by atoms with E-state index in [2.05, 4.69) is 27.0 Å². The van der Waals surface area contributed by atoms with Crippen LogP contribution in [-0.2, 0) is 28.2 Å². The lowest BCUT2D eigenvalue weighted by Crippen LogP contribution is -2.41. The lowest BCUT2D eigenvalue weighted by Gasteiger charge is -2.25. The molecule has 0 bridgehead atoms. The van der Waals surface area contributed by atoms with Crippen molar-refractivity contribution in [2.75, 3.05) is 7.05 Å². The summed E-state index contributed by atoms with van der Waals surface area (Å²) in [6.45, 7) is 8.32. The van der Waals surface area contributed by atoms with Gasteiger partial charge in [-0.1, -0.05) is 18.1 Å². The first-order valence-corrected chi connectivity index (χ1v) is 15.4. The number of pyridine rings is 1. The second-order valence-electron chi connectivity index (χ2n) is 12.0. The normalized spacial score (nSPS) is 12.8. The van der Waals surface area contributed by atoms with Gasteiger partial charge in [-0.05, 0) is 83.5 Å². The topological polar surface area (TPSA) is 135 Å². The molecule has 1 atom stereocenters. The molecule has 2 aromatic carbocycles. The number of sulfonamides is 1. The summed E-state index contributed by atoms with van der Waals surface area (Å²) in [5.41, 5.74) is -0.0335. The SMILES string of the molecule is CNS(=O)(=O)c1nn(C)c2c(-c3ccc(C#CC(C)(C)O)nc3[C@H](Cc3cc(F)cc(F)c3)OC(=O)NC(C)(C)C)cccc12. The highest BCUT2D eigenvalue weighted by Crippen LogP contribution is 2.37. The summed E-state index contributed by atoms with van der Waals surface area (Å²) in [7, 11) is -1.05. The average Bonchev–Trinajstić information content (AvgIpc) is 3.27. The van der Waals surface area contributed by atoms with Crippen molar-refractivity contribution in [1.82, 2.24) is 24.8 Å². The number of aromatic nitrogens is 3. The Balaban J connectivity index is 2.01. The molecule has 0 saturated heterocycles. The first-order chi connectivity index (χ1) is 20.9. The second-order valence-corrected chi connectivity index (χ2v) is 13.8. The van der Waals surface area contributed by atoms with Gasteiger partial charge in [0.2, 0.25) is 0 Å². The van der Waals surface area contributed by atoms with Gasteiger partial charge in [0.15, 0.2) is 11.1 Å². The standard InChI is InChI=1S/C32H35F2N5O5S/c1-31(2,3)37-30(40)44-26(17-19-15-20(33)18-21(34)16-19)27-23(12-11-22(36-27)13-14-32(4,5)41)24-9-8-10-25-28(24)39(7)38-29(25)45(42,43)35-6/h8-12,15-16,18,26,35,41H,17H2,1-7H3,(H,37,40)/t26-/m0/s1. The highest BCUT2D eigenvalue weighted by atomic mass is 32.2. The van der Waals surface area contributed by atoms with E-state index in [9.17, 15) is 27.1 Å². The average molecular weight is 640 g/mol. The molecule has 1 amide bonds. The van der Waals surface area contributed by atoms with Gasteiger partial charge in [0.1, 0.15) is 22.9 Å². The van der Waals surface area contributed by atoms with E-state index < -0.39 is 45.0 Å². The van der Waals surface area contributed by atoms with Gasteiger partial charge >= 0.3 is 6.09 Å². The number of rotatable bonds is 7. The number of hydrogen-bond acceptors (Lipinski definition) is 7. The summed E-state index contributed by atoms with van der Waals surface area (Å²) in [5, 5.41) is 17.3. The van der Waals surface area contributed by atoms with E-state index in [1.807, 2.05) is 0 Å². The van der Waals surface area contributed by atoms with Crippen molar-refractivity contribution in [3.8, 4) is 23.0 Å². The molecule has 4 aromatic rings. The number of nitrogens with one attached hydrogen (secondary N) is 2. The van der Waals surface area contributed by atoms with E-state index in [0.717, 1.165) is 18.2 Å². The first-order valence-electron chi connectivity index (χ1n) is 14.0. The highest BCUT2D eigenvalue weighted by Gasteiger charge is 2.28. The molecular weight excluding hydrogens is 604 g/mol. The van der Waals surface area contributed by atoms with Crippen LogP contribution in [-0.4, -0.2) is 52.6 Å². The molecule has 0 radical (unpaired) electrons. The van der Waals surface area contributed by atoms with E-state index in [0.29, 0.717) is 22.0 Å². The van der Waals surface area contributed by atoms with Crippen molar-refractivity contribution < 1.29 is 31.8 Å². The van der Waals surface area contributed by atoms with E-state index >= 15 is 0 Å². The molecule has 238 valence electrons. The van der Waals surface area contributed by atoms with E-state index in [4.69, 9.17) is 9.72 Å². The summed E-state index contributed by atoms with van der Waals surface area (Å²) in [6, 6.07) is 11.3. The number of carbonyl (C=O) groups excluding carboxylic acids is 1. The van der Waals surface area contributed by atoms with Crippen molar-refractivity contribution in [3.05, 3.63) is 77.1 Å². The molecule has 4 rings (SSSR count). The summed E-state index contributed by atoms with van der Waals surface area (Å²) < 4.78 is 63.7. The maximum atomic E-state index is 14.3. The number of aliphatic hydroxyl groups is 1. The third-order valence-corrected chi connectivity index (χ3v) is 7.79. The number of hydrogen-bond donors (Lipinski definition) is 3. The van der Waals surface area contributed by atoms with Crippen molar-refractivity contribution >= 4 is 27.0 Å². The third-order valence-electron chi connectivity index (χ3n) is 6.44. The van der Waals surface area contributed by atoms with E-state index in [1.54, 1.807) is 58.2 Å². The van der Waals surface area contributed by atoms with E-state index in [-0.39, 0.29) is 28.4 Å². The maximum absolute atomic E-state index is 14.3. The Morgan fingerprint density at radius 2 is 1.73 bits per heavy atom. The van der Waals surface area contributed by atoms with Gasteiger partial charge in [0, 0.05) is 41.6 Å². The quantitative estimate of drug-likeness (QED) is 0.248. The minimum Gasteiger partial charge on any atom is -0.439 e. The molecule has 0 aliphatic heterocycles. The summed E-state index contributed by atoms with van der Waals surface area (Å²) in [6.07, 6.45) is -2.17. The predicted molar refractivity (Wildman–Crippen MR) is 166 cm³/mol. The molecule has 2 heterocycles. The molecule has 0 saturated carbocycles. The summed E-state index contributed by atoms with van der Waals surface area (Å²) in [5.74, 6) is 3.91. The first kappa shape index (κ1) is 33.5. The zero-order valence-electron chi connectivity index (χ0n) is 26.0. The molecule has 0 aliphatic rings. The van der Waals surface area contributed by atoms with E-state index in [1.165, 1.54) is 25.6 Å². The van der Waals surface area contributed by atoms with Crippen LogP contribution in [0.25, 0.3) is 22.0 Å². The number of aryl methyl sites for hydroxylation is 1. The Bertz CT molecular complexity index is 1910. The molecule has 0 unspecified atom stereocenters. The lowest BCUT2D eigenvalue weighted by atomic mass is 9.95. The largest absolute Gasteiger partial charge is 0.439 e. The third kappa shape index (κ3) is 8.21. The van der Waals surface area contributed by atoms with Crippen molar-refractivity contribution in [3.63, 3.8) is 0 Å². The molecular formula is C32H35F2N5O5S. The fourth-order valence-electron chi connectivity index (χ4n) is 4.65. The molecule has 0 fully saturated rings. The van der Waals surface area contributed by atoms with Crippen LogP contribution in [0.4, 0.5) is 13.6 Å². The molecule has 10 nitrogen and oxygen atoms in total. The summed E-state index contributed by atoms with van der Waals surface area (Å²) in [4.78, 5) is 17.8. The van der Waals surface area contributed by atoms with Crippen LogP contribution < -0.4 is 10.0 Å². The fraction of sp³-hybridized carbons (Fsp3) is 0.344. The predicted octanol–water partition coefficient (Wildman–Crippen LogP) is 4.75. The maximum Gasteiger partial charge on any atom is 0.408 e. The number of ether oxygens (including phenoxy) is 1. The molecule has 2 aromatic heterocycles. The van der Waals surface area contributed by atoms with Gasteiger partial charge in [-0.3, -0.25) is 4.68 Å². The molecule has 13 heteroatoms. The highest BCUT2D eigenvalue weighted by molar-refractivity contribution is 7.89. The van der Waals surface area contributed by atoms with Gasteiger partial charge < -0.3 is 15.2 Å². The Morgan fingerprint density at radius 1 is 1.07 bits per heavy atom. The second kappa shape index (κ2) is 12.5. The Hall–Kier alpha value is -4.38. The van der Waals surface area contributed by atoms with Gasteiger partial charge in [-0.25, -0.2) is 31.7 Å². The number of alkyl carbamates (subject to hydrolysis) is 1. The van der Waals surface area contributed by atoms with Crippen LogP contribution in [0.3, 0.4) is 0 Å². The Labute approximate surface area is 260 Å². The van der Waals surface area contributed by atoms with Crippen LogP contribution in [0.5, 0.6) is 0 Å². The molecule has 3 N–H and O–H groups in total. The van der Waals surface area contributed by atoms with Gasteiger partial charge in [0.05, 0.1) is 11.2 Å². The smallest absolute Gasteiger partial charge is 0.408 e. The number of fused-ring (bicyclic) bond motifs is 1. The Kier molecular flexibility index (Phi) is 9.35. The number of carbonyl (C=O) groups is 1. The van der Waals surface area contributed by atoms with Crippen molar-refractivity contribution in [2.24, 2.45) is 7.05 Å². The number of halogens is 2. The van der Waals surface area contributed by atoms with Gasteiger partial charge in [-0.2, -0.15) is 5.10 Å². The minimum absolute atomic E-state index is 0.171. The van der Waals surface area contributed by atoms with Crippen LogP contribution in [0.15, 0.2) is 53.6 Å². The number of amides is 1. The van der Waals surface area contributed by atoms with Gasteiger partial charge in [-0.15, -0.1) is 0 Å². The zero-order valence-corrected chi connectivity index (χ0v) is 26.8. The van der Waals surface area contributed by atoms with Crippen molar-refractivity contribution in [1.29, 1.82) is 0 Å². The summed E-state index contributed by atoms with van der Waals surface area (Å²) >= 11 is 0. The van der Waals surface area contributed by atoms with Crippen LogP contribution >= 0.6 is 0 Å². The van der Waals surface area contributed by atoms with Crippen LogP contribution in [0.1, 0.15) is 57.7 Å². The fourth-order valence-corrected chi connectivity index (χ4v) is 5.53. The molecule has 0 aliphatic carbocycles. The zero-order chi connectivity index (χ0) is 33.3. The monoisotopic (exact) mass is 639 g/mol. The number of benzene rings is 2. The van der Waals surface area contributed by atoms with Crippen molar-refractivity contribution in [2.45, 2.75) is 63.3 Å². The van der Waals surface area contributed by atoms with Crippen LogP contribution in [0.2, 0.25) is 0 Å².